The molecule has 0 radical (unpaired) electrons. The number of phenols is 1. The molecule has 2 rings (SSSR count). The van der Waals surface area contributed by atoms with Crippen LogP contribution in [0.2, 0.25) is 0 Å². The second-order valence-electron chi connectivity index (χ2n) is 10.4. The van der Waals surface area contributed by atoms with Gasteiger partial charge in [-0.05, 0) is 76.8 Å². The Kier molecular flexibility index (Phi) is 9.50. The molecule has 3 N–H and O–H groups in total. The third-order valence-corrected chi connectivity index (χ3v) is 5.92. The van der Waals surface area contributed by atoms with Crippen molar-refractivity contribution in [2.75, 3.05) is 6.54 Å². The molecule has 2 aromatic carbocycles. The van der Waals surface area contributed by atoms with E-state index in [0.29, 0.717) is 17.5 Å². The van der Waals surface area contributed by atoms with Gasteiger partial charge in [-0.2, -0.15) is 0 Å². The lowest BCUT2D eigenvalue weighted by molar-refractivity contribution is -0.146. The van der Waals surface area contributed by atoms with E-state index in [1.54, 1.807) is 39.8 Å². The highest BCUT2D eigenvalue weighted by Crippen LogP contribution is 2.33. The summed E-state index contributed by atoms with van der Waals surface area (Å²) in [6, 6.07) is 13.4. The van der Waals surface area contributed by atoms with E-state index in [-0.39, 0.29) is 24.7 Å². The summed E-state index contributed by atoms with van der Waals surface area (Å²) in [6.07, 6.45) is -0.152. The monoisotopic (exact) mass is 497 g/mol. The summed E-state index contributed by atoms with van der Waals surface area (Å²) in [6.45, 7) is 12.6. The number of alkyl carbamates (subject to hydrolysis) is 1. The zero-order valence-corrected chi connectivity index (χ0v) is 22.3. The van der Waals surface area contributed by atoms with Crippen molar-refractivity contribution < 1.29 is 24.2 Å². The summed E-state index contributed by atoms with van der Waals surface area (Å²) in [5.41, 5.74) is 0.627. The maximum atomic E-state index is 13.7. The Morgan fingerprint density at radius 1 is 1.00 bits per heavy atom. The van der Waals surface area contributed by atoms with E-state index in [1.165, 1.54) is 11.0 Å². The van der Waals surface area contributed by atoms with Crippen molar-refractivity contribution in [3.05, 3.63) is 65.2 Å². The molecule has 1 atom stereocenters. The first-order valence-corrected chi connectivity index (χ1v) is 12.2. The van der Waals surface area contributed by atoms with Crippen molar-refractivity contribution in [1.82, 2.24) is 15.5 Å². The number of nitrogens with one attached hydrogen (secondary N) is 2. The van der Waals surface area contributed by atoms with E-state index in [2.05, 4.69) is 10.6 Å². The van der Waals surface area contributed by atoms with Gasteiger partial charge in [-0.25, -0.2) is 4.79 Å². The van der Waals surface area contributed by atoms with Crippen LogP contribution < -0.4 is 10.6 Å². The maximum absolute atomic E-state index is 13.7. The zero-order valence-electron chi connectivity index (χ0n) is 22.3. The van der Waals surface area contributed by atoms with E-state index < -0.39 is 29.2 Å². The number of amides is 3. The SMILES string of the molecule is CCC(C)(C)N(C(=O)CNC(=O)OC(C)(C)C)C(C(=O)NCc1ccccc1)c1ccc(O)c(C)c1. The number of phenolic OH excluding ortho intramolecular Hbond substituents is 1. The Bertz CT molecular complexity index is 1060. The van der Waals surface area contributed by atoms with Gasteiger partial charge in [0.2, 0.25) is 11.8 Å². The molecule has 196 valence electrons. The van der Waals surface area contributed by atoms with E-state index >= 15 is 0 Å². The molecule has 0 aromatic heterocycles. The normalized spacial score (nSPS) is 12.4. The van der Waals surface area contributed by atoms with Gasteiger partial charge in [-0.3, -0.25) is 9.59 Å². The molecule has 0 saturated heterocycles. The Morgan fingerprint density at radius 2 is 1.64 bits per heavy atom. The molecule has 0 saturated carbocycles. The van der Waals surface area contributed by atoms with Gasteiger partial charge in [0.15, 0.2) is 0 Å². The maximum Gasteiger partial charge on any atom is 0.408 e. The highest BCUT2D eigenvalue weighted by Gasteiger charge is 2.40. The van der Waals surface area contributed by atoms with Gasteiger partial charge in [0.25, 0.3) is 0 Å². The van der Waals surface area contributed by atoms with Gasteiger partial charge in [0.05, 0.1) is 0 Å². The number of aromatic hydroxyl groups is 1. The summed E-state index contributed by atoms with van der Waals surface area (Å²) in [7, 11) is 0. The highest BCUT2D eigenvalue weighted by molar-refractivity contribution is 5.91. The summed E-state index contributed by atoms with van der Waals surface area (Å²) in [4.78, 5) is 41.0. The van der Waals surface area contributed by atoms with Crippen LogP contribution in [0.25, 0.3) is 0 Å². The Morgan fingerprint density at radius 3 is 2.19 bits per heavy atom. The largest absolute Gasteiger partial charge is 0.508 e. The zero-order chi connectivity index (χ0) is 27.1. The quantitative estimate of drug-likeness (QED) is 0.469. The topological polar surface area (TPSA) is 108 Å². The molecule has 0 heterocycles. The van der Waals surface area contributed by atoms with Crippen molar-refractivity contribution in [3.63, 3.8) is 0 Å². The minimum absolute atomic E-state index is 0.0985. The molecule has 0 spiro atoms. The number of aryl methyl sites for hydroxylation is 1. The van der Waals surface area contributed by atoms with Gasteiger partial charge < -0.3 is 25.4 Å². The molecular weight excluding hydrogens is 458 g/mol. The number of ether oxygens (including phenoxy) is 1. The smallest absolute Gasteiger partial charge is 0.408 e. The van der Waals surface area contributed by atoms with Gasteiger partial charge in [-0.15, -0.1) is 0 Å². The molecular formula is C28H39N3O5. The van der Waals surface area contributed by atoms with Crippen molar-refractivity contribution in [3.8, 4) is 5.75 Å². The minimum Gasteiger partial charge on any atom is -0.508 e. The van der Waals surface area contributed by atoms with Gasteiger partial charge in [-0.1, -0.05) is 43.3 Å². The van der Waals surface area contributed by atoms with Crippen LogP contribution in [0.3, 0.4) is 0 Å². The second-order valence-corrected chi connectivity index (χ2v) is 10.4. The second kappa shape index (κ2) is 11.9. The lowest BCUT2D eigenvalue weighted by Crippen LogP contribution is -2.56. The van der Waals surface area contributed by atoms with Crippen LogP contribution in [-0.4, -0.2) is 45.6 Å². The summed E-state index contributed by atoms with van der Waals surface area (Å²) < 4.78 is 5.26. The predicted molar refractivity (Wildman–Crippen MR) is 139 cm³/mol. The van der Waals surface area contributed by atoms with Gasteiger partial charge in [0.1, 0.15) is 23.9 Å². The van der Waals surface area contributed by atoms with Crippen LogP contribution in [0.4, 0.5) is 4.79 Å². The van der Waals surface area contributed by atoms with E-state index in [1.807, 2.05) is 51.1 Å². The number of carbonyl (C=O) groups is 3. The molecule has 0 aliphatic carbocycles. The number of carbonyl (C=O) groups excluding carboxylic acids is 3. The standard InChI is InChI=1S/C28H39N3O5/c1-8-28(6,7)31(23(33)18-30-26(35)36-27(3,4)5)24(21-14-15-22(32)19(2)16-21)25(34)29-17-20-12-10-9-11-13-20/h9-16,24,32H,8,17-18H2,1-7H3,(H,29,34)(H,30,35). The van der Waals surface area contributed by atoms with Crippen LogP contribution in [0, 0.1) is 6.92 Å². The number of hydrogen-bond donors (Lipinski definition) is 3. The first-order valence-electron chi connectivity index (χ1n) is 12.2. The molecule has 0 bridgehead atoms. The fourth-order valence-electron chi connectivity index (χ4n) is 3.70. The fourth-order valence-corrected chi connectivity index (χ4v) is 3.70. The number of nitrogens with zero attached hydrogens (tertiary/aromatic N) is 1. The Hall–Kier alpha value is -3.55. The highest BCUT2D eigenvalue weighted by atomic mass is 16.6. The van der Waals surface area contributed by atoms with Crippen LogP contribution >= 0.6 is 0 Å². The summed E-state index contributed by atoms with van der Waals surface area (Å²) in [5.74, 6) is -0.698. The van der Waals surface area contributed by atoms with E-state index in [4.69, 9.17) is 4.74 Å². The average Bonchev–Trinajstić information content (AvgIpc) is 2.80. The van der Waals surface area contributed by atoms with Crippen LogP contribution in [0.1, 0.15) is 70.7 Å². The molecule has 3 amide bonds. The summed E-state index contributed by atoms with van der Waals surface area (Å²) >= 11 is 0. The van der Waals surface area contributed by atoms with Gasteiger partial charge in [0, 0.05) is 12.1 Å². The van der Waals surface area contributed by atoms with Crippen LogP contribution in [0.5, 0.6) is 5.75 Å². The molecule has 0 aliphatic rings. The van der Waals surface area contributed by atoms with Crippen LogP contribution in [-0.2, 0) is 20.9 Å². The van der Waals surface area contributed by atoms with Crippen molar-refractivity contribution >= 4 is 17.9 Å². The molecule has 8 nitrogen and oxygen atoms in total. The number of benzene rings is 2. The van der Waals surface area contributed by atoms with E-state index in [0.717, 1.165) is 5.56 Å². The van der Waals surface area contributed by atoms with Gasteiger partial charge >= 0.3 is 6.09 Å². The lowest BCUT2D eigenvalue weighted by Gasteiger charge is -2.43. The fraction of sp³-hybridized carbons (Fsp3) is 0.464. The third-order valence-electron chi connectivity index (χ3n) is 5.92. The Balaban J connectivity index is 2.42. The number of rotatable bonds is 9. The first-order chi connectivity index (χ1) is 16.7. The molecule has 0 aliphatic heterocycles. The molecule has 0 fully saturated rings. The van der Waals surface area contributed by atoms with Crippen molar-refractivity contribution in [2.24, 2.45) is 0 Å². The molecule has 1 unspecified atom stereocenters. The third kappa shape index (κ3) is 8.00. The first kappa shape index (κ1) is 28.7. The van der Waals surface area contributed by atoms with E-state index in [9.17, 15) is 19.5 Å². The minimum atomic E-state index is -0.990. The number of hydrogen-bond acceptors (Lipinski definition) is 5. The van der Waals surface area contributed by atoms with Crippen molar-refractivity contribution in [2.45, 2.75) is 78.6 Å². The predicted octanol–water partition coefficient (Wildman–Crippen LogP) is 4.60. The molecule has 2 aromatic rings. The average molecular weight is 498 g/mol. The van der Waals surface area contributed by atoms with Crippen LogP contribution in [0.15, 0.2) is 48.5 Å². The van der Waals surface area contributed by atoms with Crippen molar-refractivity contribution in [1.29, 1.82) is 0 Å². The lowest BCUT2D eigenvalue weighted by atomic mass is 9.92. The molecule has 8 heteroatoms. The molecule has 36 heavy (non-hydrogen) atoms. The Labute approximate surface area is 214 Å². The summed E-state index contributed by atoms with van der Waals surface area (Å²) in [5, 5.41) is 15.5.